The Kier molecular flexibility index (Phi) is 8.37. The highest BCUT2D eigenvalue weighted by Crippen LogP contribution is 2.32. The van der Waals surface area contributed by atoms with E-state index in [1.165, 1.54) is 11.2 Å². The summed E-state index contributed by atoms with van der Waals surface area (Å²) in [6, 6.07) is 3.85. The second kappa shape index (κ2) is 10.3. The van der Waals surface area contributed by atoms with E-state index >= 15 is 0 Å². The Hall–Kier alpha value is -1.54. The largest absolute Gasteiger partial charge is 0.401 e. The van der Waals surface area contributed by atoms with Crippen LogP contribution in [0.15, 0.2) is 41.3 Å². The molecule has 1 aromatic heterocycles. The summed E-state index contributed by atoms with van der Waals surface area (Å²) in [5.41, 5.74) is 1.49. The Balaban J connectivity index is 2.10. The average molecular weight is 434 g/mol. The average Bonchev–Trinajstić information content (AvgIpc) is 2.66. The van der Waals surface area contributed by atoms with E-state index in [2.05, 4.69) is 9.98 Å². The molecule has 28 heavy (non-hydrogen) atoms. The summed E-state index contributed by atoms with van der Waals surface area (Å²) < 4.78 is 39.1. The molecule has 2 unspecified atom stereocenters. The third-order valence-corrected chi connectivity index (χ3v) is 5.83. The van der Waals surface area contributed by atoms with Crippen LogP contribution in [0.1, 0.15) is 25.3 Å². The van der Waals surface area contributed by atoms with Gasteiger partial charge in [-0.15, -0.1) is 0 Å². The van der Waals surface area contributed by atoms with Gasteiger partial charge in [0.05, 0.1) is 5.70 Å². The molecule has 0 radical (unpaired) electrons. The number of amides is 1. The lowest BCUT2D eigenvalue weighted by Gasteiger charge is -2.29. The van der Waals surface area contributed by atoms with Crippen molar-refractivity contribution in [1.82, 2.24) is 9.88 Å². The van der Waals surface area contributed by atoms with Gasteiger partial charge < -0.3 is 4.90 Å². The van der Waals surface area contributed by atoms with E-state index in [9.17, 15) is 18.0 Å². The van der Waals surface area contributed by atoms with Gasteiger partial charge in [0.1, 0.15) is 10.4 Å². The van der Waals surface area contributed by atoms with Crippen LogP contribution < -0.4 is 0 Å². The van der Waals surface area contributed by atoms with E-state index in [1.807, 2.05) is 18.2 Å². The van der Waals surface area contributed by atoms with Crippen molar-refractivity contribution in [2.24, 2.45) is 10.9 Å². The van der Waals surface area contributed by atoms with Crippen molar-refractivity contribution in [2.45, 2.75) is 37.6 Å². The molecule has 154 valence electrons. The quantitative estimate of drug-likeness (QED) is 0.597. The first kappa shape index (κ1) is 22.7. The number of aryl methyl sites for hydroxylation is 1. The fourth-order valence-electron chi connectivity index (χ4n) is 2.98. The number of thioether (sulfide) groups is 1. The second-order valence-corrected chi connectivity index (χ2v) is 7.85. The van der Waals surface area contributed by atoms with Gasteiger partial charge >= 0.3 is 6.18 Å². The molecule has 0 saturated heterocycles. The molecule has 0 fully saturated rings. The Labute approximate surface area is 172 Å². The molecule has 1 amide bonds. The fraction of sp³-hybridized carbons (Fsp3) is 0.526. The summed E-state index contributed by atoms with van der Waals surface area (Å²) in [4.78, 5) is 22.2. The number of hydrogen-bond donors (Lipinski definition) is 0. The van der Waals surface area contributed by atoms with Gasteiger partial charge in [-0.3, -0.25) is 14.8 Å². The SMILES string of the molecule is CCN(C(=O)CC(SC)C(F)(F)F)C1=CC(CCc2cccnc2)CN=C1Cl. The van der Waals surface area contributed by atoms with E-state index < -0.39 is 23.8 Å². The Morgan fingerprint density at radius 2 is 2.21 bits per heavy atom. The molecule has 1 aliphatic heterocycles. The van der Waals surface area contributed by atoms with Crippen LogP contribution in [-0.2, 0) is 11.2 Å². The van der Waals surface area contributed by atoms with E-state index in [0.717, 1.165) is 18.4 Å². The fourth-order valence-corrected chi connectivity index (χ4v) is 3.79. The second-order valence-electron chi connectivity index (χ2n) is 6.45. The van der Waals surface area contributed by atoms with Gasteiger partial charge in [0.15, 0.2) is 0 Å². The maximum absolute atomic E-state index is 13.0. The smallest absolute Gasteiger partial charge is 0.310 e. The summed E-state index contributed by atoms with van der Waals surface area (Å²) in [7, 11) is 0. The predicted molar refractivity (Wildman–Crippen MR) is 108 cm³/mol. The minimum Gasteiger partial charge on any atom is -0.310 e. The third-order valence-electron chi connectivity index (χ3n) is 4.51. The number of halogens is 4. The highest BCUT2D eigenvalue weighted by atomic mass is 35.5. The van der Waals surface area contributed by atoms with Gasteiger partial charge in [0.2, 0.25) is 5.91 Å². The van der Waals surface area contributed by atoms with Crippen LogP contribution in [0.3, 0.4) is 0 Å². The Morgan fingerprint density at radius 3 is 2.79 bits per heavy atom. The van der Waals surface area contributed by atoms with E-state index in [4.69, 9.17) is 11.6 Å². The van der Waals surface area contributed by atoms with E-state index in [0.29, 0.717) is 24.0 Å². The van der Waals surface area contributed by atoms with Crippen LogP contribution in [-0.4, -0.2) is 51.7 Å². The summed E-state index contributed by atoms with van der Waals surface area (Å²) in [5.74, 6) is -0.551. The minimum absolute atomic E-state index is 0.0542. The van der Waals surface area contributed by atoms with Crippen LogP contribution in [0.2, 0.25) is 0 Å². The number of hydrogen-bond acceptors (Lipinski definition) is 4. The molecule has 2 atom stereocenters. The molecule has 0 aromatic carbocycles. The van der Waals surface area contributed by atoms with Gasteiger partial charge in [0, 0.05) is 31.9 Å². The van der Waals surface area contributed by atoms with Crippen LogP contribution in [0, 0.1) is 5.92 Å². The number of carbonyl (C=O) groups is 1. The number of carbonyl (C=O) groups excluding carboxylic acids is 1. The first-order valence-electron chi connectivity index (χ1n) is 8.97. The zero-order valence-electron chi connectivity index (χ0n) is 15.7. The molecule has 0 N–H and O–H groups in total. The molecule has 0 spiro atoms. The first-order chi connectivity index (χ1) is 13.3. The van der Waals surface area contributed by atoms with Gasteiger partial charge in [-0.05, 0) is 43.6 Å². The summed E-state index contributed by atoms with van der Waals surface area (Å²) >= 11 is 6.82. The Morgan fingerprint density at radius 1 is 1.46 bits per heavy atom. The summed E-state index contributed by atoms with van der Waals surface area (Å²) in [5, 5.41) is -1.57. The first-order valence-corrected chi connectivity index (χ1v) is 10.6. The number of aliphatic imine (C=N–C) groups is 1. The number of rotatable bonds is 8. The van der Waals surface area contributed by atoms with Crippen molar-refractivity contribution in [2.75, 3.05) is 19.3 Å². The number of alkyl halides is 3. The van der Waals surface area contributed by atoms with Crippen LogP contribution in [0.4, 0.5) is 13.2 Å². The Bertz CT molecular complexity index is 725. The number of aromatic nitrogens is 1. The molecular weight excluding hydrogens is 411 g/mol. The normalized spacial score (nSPS) is 18.3. The standard InChI is InChI=1S/C19H23ClF3N3OS/c1-3-26(17(27)10-16(28-2)19(21,22)23)15-9-14(12-25-18(15)20)7-6-13-5-4-8-24-11-13/h4-5,8-9,11,14,16H,3,6-7,10,12H2,1-2H3. The van der Waals surface area contributed by atoms with Gasteiger partial charge in [0.25, 0.3) is 0 Å². The van der Waals surface area contributed by atoms with Crippen LogP contribution in [0.25, 0.3) is 0 Å². The number of allylic oxidation sites excluding steroid dienone is 1. The number of dihydropyridines is 1. The van der Waals surface area contributed by atoms with Crippen LogP contribution >= 0.6 is 23.4 Å². The molecule has 9 heteroatoms. The number of nitrogens with zero attached hydrogens (tertiary/aromatic N) is 3. The zero-order valence-corrected chi connectivity index (χ0v) is 17.3. The molecule has 1 aromatic rings. The molecule has 4 nitrogen and oxygen atoms in total. The molecule has 0 saturated carbocycles. The number of pyridine rings is 1. The monoisotopic (exact) mass is 433 g/mol. The molecular formula is C19H23ClF3N3OS. The summed E-state index contributed by atoms with van der Waals surface area (Å²) in [6.45, 7) is 2.43. The molecule has 2 heterocycles. The van der Waals surface area contributed by atoms with Crippen molar-refractivity contribution >= 4 is 34.4 Å². The van der Waals surface area contributed by atoms with Gasteiger partial charge in [-0.25, -0.2) is 0 Å². The lowest BCUT2D eigenvalue weighted by Crippen LogP contribution is -2.38. The lowest BCUT2D eigenvalue weighted by atomic mass is 9.97. The van der Waals surface area contributed by atoms with Gasteiger partial charge in [-0.2, -0.15) is 24.9 Å². The predicted octanol–water partition coefficient (Wildman–Crippen LogP) is 4.70. The third kappa shape index (κ3) is 6.24. The van der Waals surface area contributed by atoms with Gasteiger partial charge in [-0.1, -0.05) is 23.7 Å². The molecule has 1 aliphatic rings. The maximum Gasteiger partial charge on any atom is 0.401 e. The van der Waals surface area contributed by atoms with Crippen molar-refractivity contribution < 1.29 is 18.0 Å². The minimum atomic E-state index is -4.43. The topological polar surface area (TPSA) is 45.6 Å². The lowest BCUT2D eigenvalue weighted by molar-refractivity contribution is -0.144. The van der Waals surface area contributed by atoms with Crippen molar-refractivity contribution in [1.29, 1.82) is 0 Å². The zero-order chi connectivity index (χ0) is 20.7. The molecule has 0 bridgehead atoms. The van der Waals surface area contributed by atoms with E-state index in [1.54, 1.807) is 19.3 Å². The van der Waals surface area contributed by atoms with Crippen LogP contribution in [0.5, 0.6) is 0 Å². The van der Waals surface area contributed by atoms with Crippen molar-refractivity contribution in [3.63, 3.8) is 0 Å². The van der Waals surface area contributed by atoms with E-state index in [-0.39, 0.29) is 17.6 Å². The molecule has 0 aliphatic carbocycles. The summed E-state index contributed by atoms with van der Waals surface area (Å²) in [6.07, 6.45) is 3.23. The highest BCUT2D eigenvalue weighted by molar-refractivity contribution is 7.99. The highest BCUT2D eigenvalue weighted by Gasteiger charge is 2.41. The van der Waals surface area contributed by atoms with Crippen molar-refractivity contribution in [3.8, 4) is 0 Å². The maximum atomic E-state index is 13.0. The van der Waals surface area contributed by atoms with Crippen molar-refractivity contribution in [3.05, 3.63) is 41.9 Å². The molecule has 2 rings (SSSR count).